The Bertz CT molecular complexity index is 1490. The third-order valence-corrected chi connectivity index (χ3v) is 7.69. The quantitative estimate of drug-likeness (QED) is 0.245. The number of hydrogen-bond donors (Lipinski definition) is 1. The Morgan fingerprint density at radius 2 is 1.47 bits per heavy atom. The van der Waals surface area contributed by atoms with Gasteiger partial charge in [0.1, 0.15) is 31.5 Å². The monoisotopic (exact) mass is 614 g/mol. The molecular formula is C35H38N2O8. The van der Waals surface area contributed by atoms with Gasteiger partial charge in [-0.05, 0) is 61.4 Å². The van der Waals surface area contributed by atoms with E-state index in [2.05, 4.69) is 17.4 Å². The number of amides is 2. The number of ether oxygens (including phenoxy) is 4. The van der Waals surface area contributed by atoms with Crippen molar-refractivity contribution in [3.05, 3.63) is 95.6 Å². The van der Waals surface area contributed by atoms with Crippen molar-refractivity contribution in [2.75, 3.05) is 19.8 Å². The van der Waals surface area contributed by atoms with Gasteiger partial charge in [0.25, 0.3) is 0 Å². The van der Waals surface area contributed by atoms with E-state index in [9.17, 15) is 19.2 Å². The number of hydrogen-bond acceptors (Lipinski definition) is 8. The minimum absolute atomic E-state index is 0.0295. The van der Waals surface area contributed by atoms with Crippen LogP contribution in [-0.4, -0.2) is 66.5 Å². The second-order valence-electron chi connectivity index (χ2n) is 12.1. The van der Waals surface area contributed by atoms with E-state index in [0.29, 0.717) is 19.4 Å². The molecule has 0 aromatic heterocycles. The number of likely N-dealkylation sites (tertiary alicyclic amines) is 1. The summed E-state index contributed by atoms with van der Waals surface area (Å²) in [6.45, 7) is 4.99. The van der Waals surface area contributed by atoms with Crippen LogP contribution in [0.4, 0.5) is 9.59 Å². The van der Waals surface area contributed by atoms with Crippen LogP contribution >= 0.6 is 0 Å². The van der Waals surface area contributed by atoms with Crippen molar-refractivity contribution < 1.29 is 38.1 Å². The summed E-state index contributed by atoms with van der Waals surface area (Å²) in [5.74, 6) is -1.61. The second kappa shape index (κ2) is 13.8. The molecule has 5 rings (SSSR count). The molecule has 3 aromatic carbocycles. The topological polar surface area (TPSA) is 120 Å². The summed E-state index contributed by atoms with van der Waals surface area (Å²) >= 11 is 0. The molecule has 1 aliphatic carbocycles. The highest BCUT2D eigenvalue weighted by Gasteiger charge is 2.38. The molecule has 0 radical (unpaired) electrons. The number of carbonyl (C=O) groups excluding carboxylic acids is 4. The van der Waals surface area contributed by atoms with Crippen LogP contribution in [0.3, 0.4) is 0 Å². The van der Waals surface area contributed by atoms with Crippen LogP contribution < -0.4 is 5.32 Å². The lowest BCUT2D eigenvalue weighted by atomic mass is 9.98. The van der Waals surface area contributed by atoms with Gasteiger partial charge in [-0.15, -0.1) is 0 Å². The first-order valence-corrected chi connectivity index (χ1v) is 15.1. The molecule has 1 fully saturated rings. The van der Waals surface area contributed by atoms with E-state index in [1.54, 1.807) is 32.9 Å². The first kappa shape index (κ1) is 31.6. The predicted molar refractivity (Wildman–Crippen MR) is 165 cm³/mol. The average Bonchev–Trinajstić information content (AvgIpc) is 3.64. The summed E-state index contributed by atoms with van der Waals surface area (Å²) in [5, 5.41) is 2.44. The number of benzene rings is 3. The fourth-order valence-electron chi connectivity index (χ4n) is 5.62. The summed E-state index contributed by atoms with van der Waals surface area (Å²) in [4.78, 5) is 53.2. The van der Waals surface area contributed by atoms with Crippen molar-refractivity contribution in [2.24, 2.45) is 0 Å². The molecule has 10 heteroatoms. The van der Waals surface area contributed by atoms with Gasteiger partial charge in [0.05, 0.1) is 0 Å². The molecule has 3 aromatic rings. The van der Waals surface area contributed by atoms with Gasteiger partial charge in [-0.2, -0.15) is 0 Å². The third kappa shape index (κ3) is 7.81. The molecule has 1 heterocycles. The average molecular weight is 615 g/mol. The van der Waals surface area contributed by atoms with Gasteiger partial charge in [0, 0.05) is 12.5 Å². The molecule has 2 aliphatic rings. The molecule has 1 aliphatic heterocycles. The van der Waals surface area contributed by atoms with Crippen molar-refractivity contribution in [1.29, 1.82) is 0 Å². The SMILES string of the molecule is CC(C)(C)OC(=O)N[C@@H](COC(=O)[C@H]1CCCN1C(=O)OCC1c2ccccc2-c2ccccc21)C(=O)OCc1ccccc1. The second-order valence-corrected chi connectivity index (χ2v) is 12.1. The molecule has 0 bridgehead atoms. The first-order valence-electron chi connectivity index (χ1n) is 15.1. The van der Waals surface area contributed by atoms with Crippen LogP contribution in [-0.2, 0) is 35.1 Å². The number of fused-ring (bicyclic) bond motifs is 3. The van der Waals surface area contributed by atoms with Crippen LogP contribution in [0.2, 0.25) is 0 Å². The lowest BCUT2D eigenvalue weighted by molar-refractivity contribution is -0.155. The fraction of sp³-hybridized carbons (Fsp3) is 0.371. The normalized spacial score (nSPS) is 16.2. The summed E-state index contributed by atoms with van der Waals surface area (Å²) in [6.07, 6.45) is -0.503. The van der Waals surface area contributed by atoms with Crippen LogP contribution in [0.15, 0.2) is 78.9 Å². The maximum absolute atomic E-state index is 13.2. The van der Waals surface area contributed by atoms with E-state index in [1.807, 2.05) is 54.6 Å². The molecule has 45 heavy (non-hydrogen) atoms. The van der Waals surface area contributed by atoms with Gasteiger partial charge in [-0.3, -0.25) is 4.90 Å². The minimum atomic E-state index is -1.32. The van der Waals surface area contributed by atoms with E-state index in [4.69, 9.17) is 18.9 Å². The van der Waals surface area contributed by atoms with Gasteiger partial charge in [-0.25, -0.2) is 19.2 Å². The zero-order chi connectivity index (χ0) is 32.0. The Kier molecular flexibility index (Phi) is 9.71. The first-order chi connectivity index (χ1) is 21.6. The maximum atomic E-state index is 13.2. The zero-order valence-corrected chi connectivity index (χ0v) is 25.7. The maximum Gasteiger partial charge on any atom is 0.410 e. The Morgan fingerprint density at radius 1 is 0.844 bits per heavy atom. The van der Waals surface area contributed by atoms with Crippen molar-refractivity contribution in [1.82, 2.24) is 10.2 Å². The molecule has 10 nitrogen and oxygen atoms in total. The van der Waals surface area contributed by atoms with Crippen molar-refractivity contribution in [3.63, 3.8) is 0 Å². The Morgan fingerprint density at radius 3 is 2.11 bits per heavy atom. The van der Waals surface area contributed by atoms with Gasteiger partial charge in [0.2, 0.25) is 0 Å². The van der Waals surface area contributed by atoms with Crippen LogP contribution in [0, 0.1) is 0 Å². The van der Waals surface area contributed by atoms with E-state index < -0.39 is 48.4 Å². The van der Waals surface area contributed by atoms with Gasteiger partial charge in [0.15, 0.2) is 6.04 Å². The molecule has 2 amide bonds. The number of carbonyl (C=O) groups is 4. The van der Waals surface area contributed by atoms with Crippen LogP contribution in [0.5, 0.6) is 0 Å². The Balaban J connectivity index is 1.19. The highest BCUT2D eigenvalue weighted by atomic mass is 16.6. The zero-order valence-electron chi connectivity index (χ0n) is 25.7. The largest absolute Gasteiger partial charge is 0.461 e. The number of nitrogens with zero attached hydrogens (tertiary/aromatic N) is 1. The summed E-state index contributed by atoms with van der Waals surface area (Å²) in [7, 11) is 0. The molecule has 1 saturated heterocycles. The molecule has 236 valence electrons. The smallest absolute Gasteiger partial charge is 0.410 e. The third-order valence-electron chi connectivity index (χ3n) is 7.69. The predicted octanol–water partition coefficient (Wildman–Crippen LogP) is 5.58. The van der Waals surface area contributed by atoms with E-state index >= 15 is 0 Å². The standard InChI is InChI=1S/C35H38N2O8/c1-35(2,3)45-33(40)36-29(31(38)42-20-23-12-5-4-6-13-23)22-43-32(39)30-18-11-19-37(30)34(41)44-21-28-26-16-9-7-14-24(26)25-15-8-10-17-27(25)28/h4-10,12-17,28-30H,11,18-22H2,1-3H3,(H,36,40)/t29-,30+/m0/s1. The number of nitrogens with one attached hydrogen (secondary N) is 1. The number of esters is 2. The van der Waals surface area contributed by atoms with Crippen LogP contribution in [0.1, 0.15) is 56.2 Å². The van der Waals surface area contributed by atoms with Gasteiger partial charge < -0.3 is 24.3 Å². The van der Waals surface area contributed by atoms with Crippen molar-refractivity contribution >= 4 is 24.1 Å². The van der Waals surface area contributed by atoms with Gasteiger partial charge in [-0.1, -0.05) is 78.9 Å². The minimum Gasteiger partial charge on any atom is -0.461 e. The molecule has 1 N–H and O–H groups in total. The summed E-state index contributed by atoms with van der Waals surface area (Å²) in [5.41, 5.74) is 4.36. The van der Waals surface area contributed by atoms with Crippen molar-refractivity contribution in [3.8, 4) is 11.1 Å². The molecule has 0 spiro atoms. The van der Waals surface area contributed by atoms with Crippen LogP contribution in [0.25, 0.3) is 11.1 Å². The Hall–Kier alpha value is -4.86. The van der Waals surface area contributed by atoms with E-state index in [1.165, 1.54) is 4.90 Å². The lowest BCUT2D eigenvalue weighted by Crippen LogP contribution is -2.48. The highest BCUT2D eigenvalue weighted by Crippen LogP contribution is 2.44. The van der Waals surface area contributed by atoms with Gasteiger partial charge >= 0.3 is 24.1 Å². The molecule has 0 unspecified atom stereocenters. The van der Waals surface area contributed by atoms with E-state index in [0.717, 1.165) is 27.8 Å². The number of rotatable bonds is 9. The molecule has 0 saturated carbocycles. The van der Waals surface area contributed by atoms with Crippen molar-refractivity contribution in [2.45, 2.75) is 63.8 Å². The summed E-state index contributed by atoms with van der Waals surface area (Å²) < 4.78 is 21.9. The number of alkyl carbamates (subject to hydrolysis) is 1. The molecular weight excluding hydrogens is 576 g/mol. The Labute approximate surface area is 262 Å². The highest BCUT2D eigenvalue weighted by molar-refractivity contribution is 5.84. The molecule has 2 atom stereocenters. The van der Waals surface area contributed by atoms with E-state index in [-0.39, 0.29) is 19.1 Å². The lowest BCUT2D eigenvalue weighted by Gasteiger charge is -2.25. The fourth-order valence-corrected chi connectivity index (χ4v) is 5.62. The summed E-state index contributed by atoms with van der Waals surface area (Å²) in [6, 6.07) is 22.9.